The second-order valence-electron chi connectivity index (χ2n) is 4.64. The molecule has 1 radical (unpaired) electrons. The van der Waals surface area contributed by atoms with E-state index in [1.807, 2.05) is 0 Å². The minimum Gasteiger partial charge on any atom is -0.462 e. The smallest absolute Gasteiger partial charge is 0.341 e. The van der Waals surface area contributed by atoms with Crippen molar-refractivity contribution >= 4 is 5.97 Å². The predicted octanol–water partition coefficient (Wildman–Crippen LogP) is 0.314. The molecule has 1 aliphatic carbocycles. The molecule has 0 spiro atoms. The highest BCUT2D eigenvalue weighted by Gasteiger charge is 2.60. The fourth-order valence-electron chi connectivity index (χ4n) is 2.74. The zero-order chi connectivity index (χ0) is 11.9. The van der Waals surface area contributed by atoms with Crippen molar-refractivity contribution in [2.75, 3.05) is 19.7 Å². The molecular formula is C12H14N3O2. The number of carbonyl (C=O) groups is 1. The SMILES string of the molecule is CCOC(=O)c1cn[c]nc1C12CNCC1C2. The molecule has 1 saturated heterocycles. The molecule has 89 valence electrons. The van der Waals surface area contributed by atoms with Gasteiger partial charge in [0.15, 0.2) is 6.33 Å². The Hall–Kier alpha value is -1.49. The molecule has 2 atom stereocenters. The van der Waals surface area contributed by atoms with Gasteiger partial charge in [0.25, 0.3) is 0 Å². The van der Waals surface area contributed by atoms with Crippen molar-refractivity contribution < 1.29 is 9.53 Å². The Balaban J connectivity index is 1.97. The molecule has 1 aromatic rings. The highest BCUT2D eigenvalue weighted by Crippen LogP contribution is 2.56. The molecule has 0 bridgehead atoms. The van der Waals surface area contributed by atoms with E-state index < -0.39 is 0 Å². The number of nitrogens with one attached hydrogen (secondary N) is 1. The molecule has 2 aliphatic rings. The van der Waals surface area contributed by atoms with Crippen molar-refractivity contribution in [2.24, 2.45) is 5.92 Å². The number of nitrogens with zero attached hydrogens (tertiary/aromatic N) is 2. The Morgan fingerprint density at radius 1 is 1.76 bits per heavy atom. The van der Waals surface area contributed by atoms with Crippen molar-refractivity contribution in [1.29, 1.82) is 0 Å². The molecular weight excluding hydrogens is 218 g/mol. The zero-order valence-electron chi connectivity index (χ0n) is 9.69. The van der Waals surface area contributed by atoms with Gasteiger partial charge in [0.05, 0.1) is 12.3 Å². The Morgan fingerprint density at radius 2 is 2.65 bits per heavy atom. The van der Waals surface area contributed by atoms with Gasteiger partial charge < -0.3 is 10.1 Å². The minimum absolute atomic E-state index is 0.0293. The maximum atomic E-state index is 11.8. The minimum atomic E-state index is -0.330. The van der Waals surface area contributed by atoms with Gasteiger partial charge in [-0.15, -0.1) is 0 Å². The Labute approximate surface area is 99.6 Å². The molecule has 1 saturated carbocycles. The Morgan fingerprint density at radius 3 is 3.29 bits per heavy atom. The highest BCUT2D eigenvalue weighted by atomic mass is 16.5. The van der Waals surface area contributed by atoms with E-state index in [0.717, 1.165) is 25.2 Å². The molecule has 3 rings (SSSR count). The average Bonchev–Trinajstić information content (AvgIpc) is 2.92. The van der Waals surface area contributed by atoms with E-state index in [4.69, 9.17) is 4.74 Å². The first kappa shape index (κ1) is 10.7. The summed E-state index contributed by atoms with van der Waals surface area (Å²) in [5.41, 5.74) is 1.33. The van der Waals surface area contributed by atoms with Gasteiger partial charge in [-0.1, -0.05) is 0 Å². The summed E-state index contributed by atoms with van der Waals surface area (Å²) in [4.78, 5) is 19.9. The highest BCUT2D eigenvalue weighted by molar-refractivity contribution is 5.90. The van der Waals surface area contributed by atoms with Crippen molar-refractivity contribution in [3.8, 4) is 0 Å². The molecule has 0 amide bonds. The Bertz CT molecular complexity index is 463. The number of fused-ring (bicyclic) bond motifs is 1. The van der Waals surface area contributed by atoms with Gasteiger partial charge in [0.2, 0.25) is 0 Å². The van der Waals surface area contributed by atoms with E-state index in [0.29, 0.717) is 18.1 Å². The van der Waals surface area contributed by atoms with Crippen LogP contribution in [0.3, 0.4) is 0 Å². The third kappa shape index (κ3) is 1.53. The van der Waals surface area contributed by atoms with Crippen LogP contribution >= 0.6 is 0 Å². The summed E-state index contributed by atoms with van der Waals surface area (Å²) in [6.07, 6.45) is 5.20. The summed E-state index contributed by atoms with van der Waals surface area (Å²) in [5, 5.41) is 3.33. The van der Waals surface area contributed by atoms with Crippen LogP contribution in [0.5, 0.6) is 0 Å². The van der Waals surface area contributed by atoms with E-state index in [2.05, 4.69) is 21.6 Å². The molecule has 17 heavy (non-hydrogen) atoms. The van der Waals surface area contributed by atoms with Crippen molar-refractivity contribution in [3.05, 3.63) is 23.8 Å². The lowest BCUT2D eigenvalue weighted by Gasteiger charge is -2.14. The number of esters is 1. The van der Waals surface area contributed by atoms with Crippen LogP contribution in [0.4, 0.5) is 0 Å². The van der Waals surface area contributed by atoms with E-state index in [-0.39, 0.29) is 11.4 Å². The Kier molecular flexibility index (Phi) is 2.36. The molecule has 0 aromatic carbocycles. The summed E-state index contributed by atoms with van der Waals surface area (Å²) < 4.78 is 5.04. The first-order valence-electron chi connectivity index (χ1n) is 5.89. The largest absolute Gasteiger partial charge is 0.462 e. The number of rotatable bonds is 3. The van der Waals surface area contributed by atoms with Crippen LogP contribution in [0, 0.1) is 12.2 Å². The normalized spacial score (nSPS) is 29.8. The fraction of sp³-hybridized carbons (Fsp3) is 0.583. The second kappa shape index (κ2) is 3.77. The number of hydrogen-bond acceptors (Lipinski definition) is 5. The molecule has 2 fully saturated rings. The third-order valence-electron chi connectivity index (χ3n) is 3.70. The van der Waals surface area contributed by atoms with Crippen molar-refractivity contribution in [2.45, 2.75) is 18.8 Å². The average molecular weight is 232 g/mol. The zero-order valence-corrected chi connectivity index (χ0v) is 9.69. The maximum Gasteiger partial charge on any atom is 0.341 e. The van der Waals surface area contributed by atoms with Crippen LogP contribution < -0.4 is 5.32 Å². The lowest BCUT2D eigenvalue weighted by Crippen LogP contribution is -2.24. The van der Waals surface area contributed by atoms with Gasteiger partial charge in [0, 0.05) is 18.2 Å². The number of aromatic nitrogens is 2. The van der Waals surface area contributed by atoms with Crippen molar-refractivity contribution in [1.82, 2.24) is 15.3 Å². The predicted molar refractivity (Wildman–Crippen MR) is 59.5 cm³/mol. The summed E-state index contributed by atoms with van der Waals surface area (Å²) in [6.45, 7) is 4.05. The molecule has 5 heteroatoms. The molecule has 1 N–H and O–H groups in total. The summed E-state index contributed by atoms with van der Waals surface area (Å²) in [7, 11) is 0. The molecule has 5 nitrogen and oxygen atoms in total. The van der Waals surface area contributed by atoms with Crippen LogP contribution in [-0.2, 0) is 10.2 Å². The molecule has 2 heterocycles. The van der Waals surface area contributed by atoms with Gasteiger partial charge in [-0.25, -0.2) is 14.8 Å². The first-order valence-corrected chi connectivity index (χ1v) is 5.89. The number of ether oxygens (including phenoxy) is 1. The summed E-state index contributed by atoms with van der Waals surface area (Å²) >= 11 is 0. The number of hydrogen-bond donors (Lipinski definition) is 1. The number of carbonyl (C=O) groups excluding carboxylic acids is 1. The van der Waals surface area contributed by atoms with Gasteiger partial charge in [-0.2, -0.15) is 0 Å². The van der Waals surface area contributed by atoms with Crippen LogP contribution in [0.25, 0.3) is 0 Å². The van der Waals surface area contributed by atoms with Gasteiger partial charge in [0.1, 0.15) is 5.56 Å². The van der Waals surface area contributed by atoms with Crippen LogP contribution in [0.1, 0.15) is 29.4 Å². The summed E-state index contributed by atoms with van der Waals surface area (Å²) in [5.74, 6) is 0.266. The van der Waals surface area contributed by atoms with E-state index >= 15 is 0 Å². The fourth-order valence-corrected chi connectivity index (χ4v) is 2.74. The lowest BCUT2D eigenvalue weighted by atomic mass is 9.97. The van der Waals surface area contributed by atoms with Crippen LogP contribution in [-0.4, -0.2) is 35.6 Å². The monoisotopic (exact) mass is 232 g/mol. The molecule has 2 unspecified atom stereocenters. The number of piperidine rings is 1. The quantitative estimate of drug-likeness (QED) is 0.760. The van der Waals surface area contributed by atoms with E-state index in [9.17, 15) is 4.79 Å². The topological polar surface area (TPSA) is 64.1 Å². The van der Waals surface area contributed by atoms with Gasteiger partial charge in [-0.05, 0) is 25.8 Å². The maximum absolute atomic E-state index is 11.8. The molecule has 1 aliphatic heterocycles. The summed E-state index contributed by atoms with van der Waals surface area (Å²) in [6, 6.07) is 0. The van der Waals surface area contributed by atoms with Gasteiger partial charge in [-0.3, -0.25) is 0 Å². The van der Waals surface area contributed by atoms with Crippen molar-refractivity contribution in [3.63, 3.8) is 0 Å². The molecule has 1 aromatic heterocycles. The lowest BCUT2D eigenvalue weighted by molar-refractivity contribution is 0.0523. The van der Waals surface area contributed by atoms with E-state index in [1.54, 1.807) is 6.92 Å². The second-order valence-corrected chi connectivity index (χ2v) is 4.64. The van der Waals surface area contributed by atoms with Crippen LogP contribution in [0.2, 0.25) is 0 Å². The first-order chi connectivity index (χ1) is 8.28. The third-order valence-corrected chi connectivity index (χ3v) is 3.70. The standard InChI is InChI=1S/C12H14N3O2/c1-2-17-11(16)9-5-14-7-15-10(9)12-3-8(12)4-13-6-12/h5,8,13H,2-4,6H2,1H3. The van der Waals surface area contributed by atoms with Crippen LogP contribution in [0.15, 0.2) is 6.20 Å². The van der Waals surface area contributed by atoms with E-state index in [1.165, 1.54) is 6.20 Å². The van der Waals surface area contributed by atoms with Gasteiger partial charge >= 0.3 is 5.97 Å².